The molecule has 2 aromatic heterocycles. The molecule has 0 bridgehead atoms. The SMILES string of the molecule is CC(C)(C)OC(=O)NCCN(CC(=O)O)C(=O)Cn1cnc2c(NC(=O)OCc3ccccc3)nc(NC(=O)OCc3ccccc3)nc21. The summed E-state index contributed by atoms with van der Waals surface area (Å²) in [5, 5.41) is 16.8. The zero-order valence-electron chi connectivity index (χ0n) is 27.0. The highest BCUT2D eigenvalue weighted by Gasteiger charge is 2.23. The second kappa shape index (κ2) is 16.5. The first kappa shape index (κ1) is 35.6. The van der Waals surface area contributed by atoms with Gasteiger partial charge >= 0.3 is 24.2 Å². The van der Waals surface area contributed by atoms with Crippen LogP contribution in [0.15, 0.2) is 67.0 Å². The van der Waals surface area contributed by atoms with Crippen molar-refractivity contribution in [2.24, 2.45) is 0 Å². The van der Waals surface area contributed by atoms with Crippen LogP contribution in [-0.4, -0.2) is 84.9 Å². The van der Waals surface area contributed by atoms with Crippen LogP contribution in [0.3, 0.4) is 0 Å². The zero-order chi connectivity index (χ0) is 35.4. The lowest BCUT2D eigenvalue weighted by atomic mass is 10.2. The molecule has 0 aliphatic carbocycles. The van der Waals surface area contributed by atoms with Crippen molar-refractivity contribution in [3.8, 4) is 0 Å². The highest BCUT2D eigenvalue weighted by molar-refractivity contribution is 5.95. The first-order chi connectivity index (χ1) is 23.4. The molecule has 0 spiro atoms. The van der Waals surface area contributed by atoms with Crippen LogP contribution in [0.2, 0.25) is 0 Å². The van der Waals surface area contributed by atoms with Gasteiger partial charge in [-0.1, -0.05) is 60.7 Å². The van der Waals surface area contributed by atoms with Gasteiger partial charge in [0.25, 0.3) is 0 Å². The van der Waals surface area contributed by atoms with Crippen LogP contribution in [0.4, 0.5) is 26.1 Å². The van der Waals surface area contributed by atoms with Gasteiger partial charge in [-0.3, -0.25) is 20.2 Å². The number of carbonyl (C=O) groups excluding carboxylic acids is 4. The second-order valence-electron chi connectivity index (χ2n) is 11.5. The van der Waals surface area contributed by atoms with Gasteiger partial charge in [-0.15, -0.1) is 0 Å². The zero-order valence-corrected chi connectivity index (χ0v) is 27.0. The van der Waals surface area contributed by atoms with E-state index in [1.807, 2.05) is 12.1 Å². The highest BCUT2D eigenvalue weighted by Crippen LogP contribution is 2.22. The molecule has 49 heavy (non-hydrogen) atoms. The Morgan fingerprint density at radius 3 is 2.00 bits per heavy atom. The smallest absolute Gasteiger partial charge is 0.414 e. The van der Waals surface area contributed by atoms with Crippen LogP contribution < -0.4 is 16.0 Å². The fourth-order valence-electron chi connectivity index (χ4n) is 4.22. The van der Waals surface area contributed by atoms with E-state index < -0.39 is 48.8 Å². The Hall–Kier alpha value is -6.26. The number of carboxylic acids is 1. The number of rotatable bonds is 13. The van der Waals surface area contributed by atoms with Gasteiger partial charge in [-0.2, -0.15) is 9.97 Å². The van der Waals surface area contributed by atoms with E-state index in [-0.39, 0.29) is 49.2 Å². The number of imidazole rings is 1. The lowest BCUT2D eigenvalue weighted by Gasteiger charge is -2.23. The van der Waals surface area contributed by atoms with Gasteiger partial charge in [0.15, 0.2) is 17.0 Å². The number of amides is 4. The highest BCUT2D eigenvalue weighted by atomic mass is 16.6. The molecule has 258 valence electrons. The summed E-state index contributed by atoms with van der Waals surface area (Å²) in [6, 6.07) is 17.9. The summed E-state index contributed by atoms with van der Waals surface area (Å²) in [7, 11) is 0. The molecule has 2 heterocycles. The van der Waals surface area contributed by atoms with Crippen molar-refractivity contribution in [2.75, 3.05) is 30.3 Å². The third-order valence-corrected chi connectivity index (χ3v) is 6.36. The Morgan fingerprint density at radius 1 is 0.837 bits per heavy atom. The number of nitrogens with one attached hydrogen (secondary N) is 3. The molecule has 4 N–H and O–H groups in total. The third kappa shape index (κ3) is 11.5. The Morgan fingerprint density at radius 2 is 1.43 bits per heavy atom. The van der Waals surface area contributed by atoms with E-state index in [2.05, 4.69) is 30.9 Å². The van der Waals surface area contributed by atoms with E-state index in [0.717, 1.165) is 16.0 Å². The van der Waals surface area contributed by atoms with E-state index in [1.165, 1.54) is 10.9 Å². The average Bonchev–Trinajstić information content (AvgIpc) is 3.44. The number of carboxylic acid groups (broad SMARTS) is 1. The molecule has 0 fully saturated rings. The standard InChI is InChI=1S/C32H36N8O9/c1-32(2,3)49-29(44)33-14-15-39(17-24(42)43)23(41)16-40-20-34-25-26(36-30(45)47-18-21-10-6-4-7-11-21)35-28(37-27(25)40)38-31(46)48-19-22-12-8-5-9-13-22/h4-13,20H,14-19H2,1-3H3,(H,33,44)(H,42,43)(H2,35,36,37,38,45,46). The molecule has 17 nitrogen and oxygen atoms in total. The van der Waals surface area contributed by atoms with Crippen molar-refractivity contribution in [1.29, 1.82) is 0 Å². The van der Waals surface area contributed by atoms with Crippen molar-refractivity contribution in [3.05, 3.63) is 78.1 Å². The summed E-state index contributed by atoms with van der Waals surface area (Å²) in [6.45, 7) is 3.66. The molecule has 4 aromatic rings. The second-order valence-corrected chi connectivity index (χ2v) is 11.5. The van der Waals surface area contributed by atoms with Crippen LogP contribution in [0.1, 0.15) is 31.9 Å². The molecular weight excluding hydrogens is 640 g/mol. The van der Waals surface area contributed by atoms with E-state index in [0.29, 0.717) is 0 Å². The Bertz CT molecular complexity index is 1780. The maximum absolute atomic E-state index is 13.3. The van der Waals surface area contributed by atoms with Crippen LogP contribution >= 0.6 is 0 Å². The maximum atomic E-state index is 13.3. The number of benzene rings is 2. The Balaban J connectivity index is 1.53. The number of carbonyl (C=O) groups is 5. The average molecular weight is 677 g/mol. The number of hydrogen-bond acceptors (Lipinski definition) is 11. The van der Waals surface area contributed by atoms with Crippen molar-refractivity contribution in [3.63, 3.8) is 0 Å². The normalized spacial score (nSPS) is 10.9. The van der Waals surface area contributed by atoms with Crippen LogP contribution in [-0.2, 0) is 43.6 Å². The van der Waals surface area contributed by atoms with Crippen molar-refractivity contribution in [2.45, 2.75) is 46.1 Å². The van der Waals surface area contributed by atoms with Gasteiger partial charge in [-0.25, -0.2) is 19.4 Å². The number of hydrogen-bond donors (Lipinski definition) is 4. The van der Waals surface area contributed by atoms with E-state index in [1.54, 1.807) is 69.3 Å². The monoisotopic (exact) mass is 676 g/mol. The lowest BCUT2D eigenvalue weighted by molar-refractivity contribution is -0.144. The summed E-state index contributed by atoms with van der Waals surface area (Å²) >= 11 is 0. The number of alkyl carbamates (subject to hydrolysis) is 1. The molecule has 17 heteroatoms. The lowest BCUT2D eigenvalue weighted by Crippen LogP contribution is -2.43. The minimum Gasteiger partial charge on any atom is -0.480 e. The maximum Gasteiger partial charge on any atom is 0.414 e. The predicted molar refractivity (Wildman–Crippen MR) is 174 cm³/mol. The summed E-state index contributed by atoms with van der Waals surface area (Å²) < 4.78 is 17.0. The number of aromatic nitrogens is 4. The molecule has 0 radical (unpaired) electrons. The molecule has 4 amide bonds. The summed E-state index contributed by atoms with van der Waals surface area (Å²) in [4.78, 5) is 76.0. The minimum atomic E-state index is -1.27. The van der Waals surface area contributed by atoms with E-state index in [9.17, 15) is 29.1 Å². The van der Waals surface area contributed by atoms with Gasteiger partial charge in [0.05, 0.1) is 6.33 Å². The van der Waals surface area contributed by atoms with Gasteiger partial charge in [0.2, 0.25) is 11.9 Å². The van der Waals surface area contributed by atoms with Crippen molar-refractivity contribution >= 4 is 53.1 Å². The molecule has 2 aromatic carbocycles. The van der Waals surface area contributed by atoms with Gasteiger partial charge in [0, 0.05) is 13.1 Å². The number of nitrogens with zero attached hydrogens (tertiary/aromatic N) is 5. The fraction of sp³-hybridized carbons (Fsp3) is 0.312. The Labute approximate surface area is 280 Å². The fourth-order valence-corrected chi connectivity index (χ4v) is 4.22. The molecule has 0 unspecified atom stereocenters. The molecule has 0 aliphatic rings. The first-order valence-electron chi connectivity index (χ1n) is 15.0. The number of aliphatic carboxylic acids is 1. The first-order valence-corrected chi connectivity index (χ1v) is 15.0. The number of fused-ring (bicyclic) bond motifs is 1. The third-order valence-electron chi connectivity index (χ3n) is 6.36. The number of ether oxygens (including phenoxy) is 3. The largest absolute Gasteiger partial charge is 0.480 e. The molecule has 0 saturated heterocycles. The topological polar surface area (TPSA) is 216 Å². The molecule has 0 saturated carbocycles. The van der Waals surface area contributed by atoms with E-state index >= 15 is 0 Å². The molecule has 0 atom stereocenters. The summed E-state index contributed by atoms with van der Waals surface area (Å²) in [5.74, 6) is -2.36. The summed E-state index contributed by atoms with van der Waals surface area (Å²) in [6.07, 6.45) is -1.25. The van der Waals surface area contributed by atoms with E-state index in [4.69, 9.17) is 14.2 Å². The van der Waals surface area contributed by atoms with Gasteiger partial charge in [0.1, 0.15) is 31.9 Å². The van der Waals surface area contributed by atoms with Gasteiger partial charge in [-0.05, 0) is 31.9 Å². The van der Waals surface area contributed by atoms with Crippen LogP contribution in [0.25, 0.3) is 11.2 Å². The van der Waals surface area contributed by atoms with Crippen LogP contribution in [0.5, 0.6) is 0 Å². The quantitative estimate of drug-likeness (QED) is 0.149. The number of anilines is 2. The van der Waals surface area contributed by atoms with Crippen molar-refractivity contribution in [1.82, 2.24) is 29.7 Å². The summed E-state index contributed by atoms with van der Waals surface area (Å²) in [5.41, 5.74) is 0.792. The molecule has 0 aliphatic heterocycles. The predicted octanol–water partition coefficient (Wildman–Crippen LogP) is 3.76. The van der Waals surface area contributed by atoms with Crippen LogP contribution in [0, 0.1) is 0 Å². The molecule has 4 rings (SSSR count). The minimum absolute atomic E-state index is 0.0159. The van der Waals surface area contributed by atoms with Crippen molar-refractivity contribution < 1.29 is 43.3 Å². The molecular formula is C32H36N8O9. The van der Waals surface area contributed by atoms with Gasteiger partial charge < -0.3 is 34.1 Å². The Kier molecular flexibility index (Phi) is 12.0.